The van der Waals surface area contributed by atoms with E-state index in [0.29, 0.717) is 37.3 Å². The van der Waals surface area contributed by atoms with E-state index in [1.165, 1.54) is 17.3 Å². The zero-order chi connectivity index (χ0) is 23.3. The third kappa shape index (κ3) is 6.29. The van der Waals surface area contributed by atoms with Crippen molar-refractivity contribution in [3.63, 3.8) is 0 Å². The SMILES string of the molecule is CC(C(=O)Nc1ccc(NC(=O)C2CCN(C(=O)OC(C)(C)C)CC2)cc1)n1cncn1. The summed E-state index contributed by atoms with van der Waals surface area (Å²) in [6.07, 6.45) is 3.69. The van der Waals surface area contributed by atoms with Crippen LogP contribution in [-0.2, 0) is 14.3 Å². The molecular formula is C22H30N6O4. The number of nitrogens with zero attached hydrogens (tertiary/aromatic N) is 4. The molecule has 10 heteroatoms. The second kappa shape index (κ2) is 9.80. The highest BCUT2D eigenvalue weighted by Gasteiger charge is 2.30. The largest absolute Gasteiger partial charge is 0.444 e. The third-order valence-electron chi connectivity index (χ3n) is 5.15. The maximum absolute atomic E-state index is 12.6. The van der Waals surface area contributed by atoms with E-state index in [2.05, 4.69) is 20.7 Å². The van der Waals surface area contributed by atoms with Gasteiger partial charge in [-0.15, -0.1) is 0 Å². The van der Waals surface area contributed by atoms with Crippen molar-refractivity contribution in [1.29, 1.82) is 0 Å². The van der Waals surface area contributed by atoms with Gasteiger partial charge in [0.25, 0.3) is 0 Å². The van der Waals surface area contributed by atoms with Gasteiger partial charge >= 0.3 is 6.09 Å². The van der Waals surface area contributed by atoms with Crippen LogP contribution < -0.4 is 10.6 Å². The lowest BCUT2D eigenvalue weighted by molar-refractivity contribution is -0.121. The van der Waals surface area contributed by atoms with Crippen molar-refractivity contribution in [3.8, 4) is 0 Å². The molecule has 0 saturated carbocycles. The fraction of sp³-hybridized carbons (Fsp3) is 0.500. The Labute approximate surface area is 187 Å². The zero-order valence-corrected chi connectivity index (χ0v) is 18.9. The quantitative estimate of drug-likeness (QED) is 0.735. The number of carbonyl (C=O) groups is 3. The van der Waals surface area contributed by atoms with Crippen LogP contribution in [0.2, 0.25) is 0 Å². The summed E-state index contributed by atoms with van der Waals surface area (Å²) in [5.41, 5.74) is 0.725. The van der Waals surface area contributed by atoms with Crippen molar-refractivity contribution in [1.82, 2.24) is 19.7 Å². The van der Waals surface area contributed by atoms with Gasteiger partial charge in [-0.2, -0.15) is 5.10 Å². The van der Waals surface area contributed by atoms with E-state index in [1.54, 1.807) is 36.1 Å². The lowest BCUT2D eigenvalue weighted by Crippen LogP contribution is -2.43. The van der Waals surface area contributed by atoms with Crippen LogP contribution in [-0.4, -0.2) is 56.3 Å². The summed E-state index contributed by atoms with van der Waals surface area (Å²) < 4.78 is 6.86. The van der Waals surface area contributed by atoms with Crippen LogP contribution in [0.4, 0.5) is 16.2 Å². The molecule has 2 heterocycles. The molecule has 1 fully saturated rings. The second-order valence-corrected chi connectivity index (χ2v) is 8.85. The van der Waals surface area contributed by atoms with Gasteiger partial charge in [0.1, 0.15) is 24.3 Å². The summed E-state index contributed by atoms with van der Waals surface area (Å²) in [6, 6.07) is 6.44. The fourth-order valence-electron chi connectivity index (χ4n) is 3.32. The molecule has 0 bridgehead atoms. The summed E-state index contributed by atoms with van der Waals surface area (Å²) >= 11 is 0. The number of nitrogens with one attached hydrogen (secondary N) is 2. The second-order valence-electron chi connectivity index (χ2n) is 8.85. The molecule has 1 atom stereocenters. The van der Waals surface area contributed by atoms with Gasteiger partial charge in [-0.3, -0.25) is 9.59 Å². The number of carbonyl (C=O) groups excluding carboxylic acids is 3. The highest BCUT2D eigenvalue weighted by Crippen LogP contribution is 2.22. The predicted molar refractivity (Wildman–Crippen MR) is 119 cm³/mol. The molecule has 2 aromatic rings. The average molecular weight is 443 g/mol. The molecule has 1 aromatic carbocycles. The van der Waals surface area contributed by atoms with Crippen LogP contribution in [0.1, 0.15) is 46.6 Å². The molecule has 1 aromatic heterocycles. The number of ether oxygens (including phenoxy) is 1. The van der Waals surface area contributed by atoms with E-state index >= 15 is 0 Å². The first-order chi connectivity index (χ1) is 15.1. The summed E-state index contributed by atoms with van der Waals surface area (Å²) in [6.45, 7) is 8.20. The molecule has 3 amide bonds. The minimum Gasteiger partial charge on any atom is -0.444 e. The molecule has 1 unspecified atom stereocenters. The van der Waals surface area contributed by atoms with Crippen molar-refractivity contribution in [3.05, 3.63) is 36.9 Å². The van der Waals surface area contributed by atoms with E-state index in [4.69, 9.17) is 4.74 Å². The summed E-state index contributed by atoms with van der Waals surface area (Å²) in [4.78, 5) is 42.6. The Balaban J connectivity index is 1.47. The molecule has 3 rings (SSSR count). The van der Waals surface area contributed by atoms with Crippen molar-refractivity contribution in [2.75, 3.05) is 23.7 Å². The Morgan fingerprint density at radius 2 is 1.66 bits per heavy atom. The van der Waals surface area contributed by atoms with Crippen LogP contribution in [0.15, 0.2) is 36.9 Å². The van der Waals surface area contributed by atoms with Gasteiger partial charge in [0.2, 0.25) is 11.8 Å². The Bertz CT molecular complexity index is 928. The molecule has 10 nitrogen and oxygen atoms in total. The van der Waals surface area contributed by atoms with E-state index in [9.17, 15) is 14.4 Å². The normalized spacial score (nSPS) is 15.7. The predicted octanol–water partition coefficient (Wildman–Crippen LogP) is 3.06. The number of likely N-dealkylation sites (tertiary alicyclic amines) is 1. The molecule has 0 radical (unpaired) electrons. The van der Waals surface area contributed by atoms with Gasteiger partial charge in [0, 0.05) is 30.4 Å². The van der Waals surface area contributed by atoms with Crippen molar-refractivity contribution in [2.45, 2.75) is 52.2 Å². The van der Waals surface area contributed by atoms with Crippen LogP contribution in [0, 0.1) is 5.92 Å². The van der Waals surface area contributed by atoms with Gasteiger partial charge in [-0.05, 0) is 64.8 Å². The molecule has 2 N–H and O–H groups in total. The Kier molecular flexibility index (Phi) is 7.12. The Morgan fingerprint density at radius 3 is 2.19 bits per heavy atom. The molecule has 0 aliphatic carbocycles. The standard InChI is InChI=1S/C22H30N6O4/c1-15(28-14-23-13-24-28)19(29)25-17-5-7-18(8-6-17)26-20(30)16-9-11-27(12-10-16)21(31)32-22(2,3)4/h5-8,13-16H,9-12H2,1-4H3,(H,25,29)(H,26,30). The number of rotatable bonds is 5. The number of amides is 3. The van der Waals surface area contributed by atoms with Crippen molar-refractivity contribution >= 4 is 29.3 Å². The van der Waals surface area contributed by atoms with Gasteiger partial charge in [-0.1, -0.05) is 0 Å². The first-order valence-electron chi connectivity index (χ1n) is 10.7. The maximum Gasteiger partial charge on any atom is 0.410 e. The molecule has 1 aliphatic rings. The maximum atomic E-state index is 12.6. The number of piperidine rings is 1. The minimum absolute atomic E-state index is 0.0783. The average Bonchev–Trinajstić information content (AvgIpc) is 3.28. The summed E-state index contributed by atoms with van der Waals surface area (Å²) in [5.74, 6) is -0.467. The van der Waals surface area contributed by atoms with Crippen LogP contribution in [0.5, 0.6) is 0 Å². The topological polar surface area (TPSA) is 118 Å². The van der Waals surface area contributed by atoms with E-state index in [1.807, 2.05) is 20.8 Å². The van der Waals surface area contributed by atoms with Crippen LogP contribution in [0.3, 0.4) is 0 Å². The van der Waals surface area contributed by atoms with Crippen LogP contribution in [0.25, 0.3) is 0 Å². The van der Waals surface area contributed by atoms with E-state index in [0.717, 1.165) is 0 Å². The highest BCUT2D eigenvalue weighted by molar-refractivity contribution is 5.95. The molecule has 1 saturated heterocycles. The first kappa shape index (κ1) is 23.2. The number of benzene rings is 1. The highest BCUT2D eigenvalue weighted by atomic mass is 16.6. The number of hydrogen-bond donors (Lipinski definition) is 2. The molecule has 172 valence electrons. The van der Waals surface area contributed by atoms with Crippen molar-refractivity contribution in [2.24, 2.45) is 5.92 Å². The van der Waals surface area contributed by atoms with Crippen LogP contribution >= 0.6 is 0 Å². The molecule has 32 heavy (non-hydrogen) atoms. The van der Waals surface area contributed by atoms with E-state index in [-0.39, 0.29) is 23.8 Å². The van der Waals surface area contributed by atoms with Gasteiger partial charge in [-0.25, -0.2) is 14.5 Å². The van der Waals surface area contributed by atoms with Gasteiger partial charge in [0.05, 0.1) is 0 Å². The van der Waals surface area contributed by atoms with Gasteiger partial charge in [0.15, 0.2) is 0 Å². The number of anilines is 2. The smallest absolute Gasteiger partial charge is 0.410 e. The fourth-order valence-corrected chi connectivity index (χ4v) is 3.32. The van der Waals surface area contributed by atoms with E-state index < -0.39 is 11.6 Å². The minimum atomic E-state index is -0.536. The summed E-state index contributed by atoms with van der Waals surface area (Å²) in [5, 5.41) is 9.70. The lowest BCUT2D eigenvalue weighted by atomic mass is 9.96. The first-order valence-corrected chi connectivity index (χ1v) is 10.7. The Morgan fingerprint density at radius 1 is 1.06 bits per heavy atom. The van der Waals surface area contributed by atoms with Crippen molar-refractivity contribution < 1.29 is 19.1 Å². The molecule has 0 spiro atoms. The van der Waals surface area contributed by atoms with Gasteiger partial charge < -0.3 is 20.3 Å². The zero-order valence-electron chi connectivity index (χ0n) is 18.9. The molecular weight excluding hydrogens is 412 g/mol. The lowest BCUT2D eigenvalue weighted by Gasteiger charge is -2.32. The summed E-state index contributed by atoms with van der Waals surface area (Å²) in [7, 11) is 0. The monoisotopic (exact) mass is 442 g/mol. The number of aromatic nitrogens is 3. The molecule has 1 aliphatic heterocycles. The number of hydrogen-bond acceptors (Lipinski definition) is 6. The third-order valence-corrected chi connectivity index (χ3v) is 5.15. The Hall–Kier alpha value is -3.43.